The van der Waals surface area contributed by atoms with E-state index >= 15 is 0 Å². The maximum absolute atomic E-state index is 11.1. The van der Waals surface area contributed by atoms with Crippen molar-refractivity contribution >= 4 is 11.9 Å². The van der Waals surface area contributed by atoms with E-state index in [4.69, 9.17) is 10.4 Å². The summed E-state index contributed by atoms with van der Waals surface area (Å²) in [4.78, 5) is 16.7. The minimum atomic E-state index is -0.870. The van der Waals surface area contributed by atoms with Gasteiger partial charge >= 0.3 is 6.09 Å². The molecular weight excluding hydrogens is 244 g/mol. The molecule has 1 fully saturated rings. The summed E-state index contributed by atoms with van der Waals surface area (Å²) >= 11 is 0. The Kier molecular flexibility index (Phi) is 4.18. The Morgan fingerprint density at radius 3 is 3.21 bits per heavy atom. The number of likely N-dealkylation sites (tertiary alicyclic amines) is 1. The van der Waals surface area contributed by atoms with Gasteiger partial charge < -0.3 is 15.3 Å². The van der Waals surface area contributed by atoms with E-state index < -0.39 is 6.09 Å². The molecule has 6 nitrogen and oxygen atoms in total. The molecule has 0 radical (unpaired) electrons. The average Bonchev–Trinajstić information content (AvgIpc) is 2.45. The highest BCUT2D eigenvalue weighted by Gasteiger charge is 2.25. The predicted octanol–water partition coefficient (Wildman–Crippen LogP) is 1.90. The van der Waals surface area contributed by atoms with Gasteiger partial charge in [0, 0.05) is 19.3 Å². The number of piperidine rings is 1. The first-order valence-corrected chi connectivity index (χ1v) is 6.30. The van der Waals surface area contributed by atoms with Gasteiger partial charge in [-0.3, -0.25) is 0 Å². The number of anilines is 1. The highest BCUT2D eigenvalue weighted by atomic mass is 16.4. The van der Waals surface area contributed by atoms with Crippen LogP contribution in [0.15, 0.2) is 18.3 Å². The number of pyridine rings is 1. The lowest BCUT2D eigenvalue weighted by molar-refractivity contribution is 0.110. The van der Waals surface area contributed by atoms with Crippen LogP contribution in [0.2, 0.25) is 0 Å². The topological polar surface area (TPSA) is 89.3 Å². The average molecular weight is 260 g/mol. The van der Waals surface area contributed by atoms with Crippen LogP contribution in [0.4, 0.5) is 10.6 Å². The number of nitriles is 1. The Balaban J connectivity index is 1.96. The second-order valence-corrected chi connectivity index (χ2v) is 4.55. The zero-order valence-corrected chi connectivity index (χ0v) is 10.5. The summed E-state index contributed by atoms with van der Waals surface area (Å²) in [5, 5.41) is 21.0. The lowest BCUT2D eigenvalue weighted by atomic mass is 10.0. The molecule has 0 aliphatic carbocycles. The van der Waals surface area contributed by atoms with Crippen LogP contribution in [-0.4, -0.2) is 40.2 Å². The van der Waals surface area contributed by atoms with E-state index in [0.717, 1.165) is 19.3 Å². The van der Waals surface area contributed by atoms with Crippen molar-refractivity contribution < 1.29 is 9.90 Å². The van der Waals surface area contributed by atoms with Crippen molar-refractivity contribution in [3.63, 3.8) is 0 Å². The molecule has 0 spiro atoms. The first-order chi connectivity index (χ1) is 9.20. The van der Waals surface area contributed by atoms with Crippen LogP contribution >= 0.6 is 0 Å². The van der Waals surface area contributed by atoms with Crippen LogP contribution in [0.1, 0.15) is 24.8 Å². The number of hydrogen-bond acceptors (Lipinski definition) is 4. The Hall–Kier alpha value is -2.29. The fraction of sp³-hybridized carbons (Fsp3) is 0.462. The second-order valence-electron chi connectivity index (χ2n) is 4.55. The number of carboxylic acid groups (broad SMARTS) is 1. The van der Waals surface area contributed by atoms with E-state index in [1.165, 1.54) is 4.90 Å². The smallest absolute Gasteiger partial charge is 0.407 e. The number of amides is 1. The predicted molar refractivity (Wildman–Crippen MR) is 69.8 cm³/mol. The van der Waals surface area contributed by atoms with Gasteiger partial charge in [0.15, 0.2) is 0 Å². The third kappa shape index (κ3) is 3.35. The van der Waals surface area contributed by atoms with Gasteiger partial charge in [-0.2, -0.15) is 5.26 Å². The summed E-state index contributed by atoms with van der Waals surface area (Å²) in [6.07, 6.45) is 3.52. The third-order valence-electron chi connectivity index (χ3n) is 3.28. The van der Waals surface area contributed by atoms with Crippen molar-refractivity contribution in [3.8, 4) is 6.07 Å². The van der Waals surface area contributed by atoms with Crippen molar-refractivity contribution in [2.24, 2.45) is 0 Å². The van der Waals surface area contributed by atoms with Gasteiger partial charge in [0.25, 0.3) is 0 Å². The highest BCUT2D eigenvalue weighted by Crippen LogP contribution is 2.17. The van der Waals surface area contributed by atoms with E-state index in [2.05, 4.69) is 10.3 Å². The Morgan fingerprint density at radius 2 is 2.47 bits per heavy atom. The van der Waals surface area contributed by atoms with Crippen LogP contribution in [0.5, 0.6) is 0 Å². The molecule has 1 atom stereocenters. The molecule has 1 aromatic heterocycles. The van der Waals surface area contributed by atoms with Crippen LogP contribution in [-0.2, 0) is 0 Å². The molecule has 1 aliphatic rings. The standard InChI is InChI=1S/C13H16N4O2/c14-8-10-4-5-15-12(7-10)16-9-11-3-1-2-6-17(11)13(18)19/h4-5,7,11H,1-3,6,9H2,(H,15,16)(H,18,19)/t11-/m0/s1. The molecule has 1 saturated heterocycles. The first kappa shape index (κ1) is 13.1. The number of rotatable bonds is 3. The molecule has 2 heterocycles. The van der Waals surface area contributed by atoms with Crippen LogP contribution in [0, 0.1) is 11.3 Å². The number of nitrogens with zero attached hydrogens (tertiary/aromatic N) is 3. The molecule has 0 unspecified atom stereocenters. The fourth-order valence-electron chi connectivity index (χ4n) is 2.28. The maximum atomic E-state index is 11.1. The molecule has 19 heavy (non-hydrogen) atoms. The molecule has 0 bridgehead atoms. The first-order valence-electron chi connectivity index (χ1n) is 6.30. The van der Waals surface area contributed by atoms with Gasteiger partial charge in [0.05, 0.1) is 17.7 Å². The molecule has 2 rings (SSSR count). The van der Waals surface area contributed by atoms with Gasteiger partial charge in [-0.15, -0.1) is 0 Å². The molecule has 0 aromatic carbocycles. The summed E-state index contributed by atoms with van der Waals surface area (Å²) in [6, 6.07) is 5.31. The van der Waals surface area contributed by atoms with Gasteiger partial charge in [-0.1, -0.05) is 0 Å². The van der Waals surface area contributed by atoms with E-state index in [0.29, 0.717) is 24.5 Å². The molecule has 6 heteroatoms. The second kappa shape index (κ2) is 6.05. The van der Waals surface area contributed by atoms with Crippen molar-refractivity contribution in [3.05, 3.63) is 23.9 Å². The molecule has 1 amide bonds. The minimum absolute atomic E-state index is 0.0289. The van der Waals surface area contributed by atoms with Gasteiger partial charge in [0.2, 0.25) is 0 Å². The Morgan fingerprint density at radius 1 is 1.63 bits per heavy atom. The number of nitrogens with one attached hydrogen (secondary N) is 1. The summed E-state index contributed by atoms with van der Waals surface area (Å²) in [5.74, 6) is 0.606. The third-order valence-corrected chi connectivity index (χ3v) is 3.28. The van der Waals surface area contributed by atoms with E-state index in [1.807, 2.05) is 6.07 Å². The molecular formula is C13H16N4O2. The number of carbonyl (C=O) groups is 1. The Bertz CT molecular complexity index is 498. The SMILES string of the molecule is N#Cc1ccnc(NC[C@@H]2CCCCN2C(=O)O)c1. The molecule has 2 N–H and O–H groups in total. The molecule has 1 aromatic rings. The van der Waals surface area contributed by atoms with E-state index in [9.17, 15) is 4.79 Å². The van der Waals surface area contributed by atoms with Gasteiger partial charge in [0.1, 0.15) is 5.82 Å². The van der Waals surface area contributed by atoms with Gasteiger partial charge in [-0.05, 0) is 31.4 Å². The van der Waals surface area contributed by atoms with Crippen LogP contribution < -0.4 is 5.32 Å². The van der Waals surface area contributed by atoms with Crippen molar-refractivity contribution in [1.82, 2.24) is 9.88 Å². The number of hydrogen-bond donors (Lipinski definition) is 2. The summed E-state index contributed by atoms with van der Waals surface area (Å²) < 4.78 is 0. The zero-order chi connectivity index (χ0) is 13.7. The normalized spacial score (nSPS) is 18.7. The van der Waals surface area contributed by atoms with Crippen molar-refractivity contribution in [2.45, 2.75) is 25.3 Å². The molecule has 100 valence electrons. The van der Waals surface area contributed by atoms with Crippen LogP contribution in [0.3, 0.4) is 0 Å². The summed E-state index contributed by atoms with van der Waals surface area (Å²) in [6.45, 7) is 1.11. The van der Waals surface area contributed by atoms with Crippen molar-refractivity contribution in [2.75, 3.05) is 18.4 Å². The molecule has 1 aliphatic heterocycles. The van der Waals surface area contributed by atoms with Crippen molar-refractivity contribution in [1.29, 1.82) is 5.26 Å². The van der Waals surface area contributed by atoms with Gasteiger partial charge in [-0.25, -0.2) is 9.78 Å². The Labute approximate surface area is 111 Å². The minimum Gasteiger partial charge on any atom is -0.465 e. The lowest BCUT2D eigenvalue weighted by Crippen LogP contribution is -2.46. The van der Waals surface area contributed by atoms with E-state index in [1.54, 1.807) is 18.3 Å². The monoisotopic (exact) mass is 260 g/mol. The fourth-order valence-corrected chi connectivity index (χ4v) is 2.28. The number of aromatic nitrogens is 1. The van der Waals surface area contributed by atoms with Crippen LogP contribution in [0.25, 0.3) is 0 Å². The maximum Gasteiger partial charge on any atom is 0.407 e. The zero-order valence-electron chi connectivity index (χ0n) is 10.5. The lowest BCUT2D eigenvalue weighted by Gasteiger charge is -2.33. The summed E-state index contributed by atoms with van der Waals surface area (Å²) in [7, 11) is 0. The molecule has 0 saturated carbocycles. The summed E-state index contributed by atoms with van der Waals surface area (Å²) in [5.41, 5.74) is 0.538. The highest BCUT2D eigenvalue weighted by molar-refractivity contribution is 5.65. The van der Waals surface area contributed by atoms with E-state index in [-0.39, 0.29) is 6.04 Å². The largest absolute Gasteiger partial charge is 0.465 e. The quantitative estimate of drug-likeness (QED) is 0.866.